The summed E-state index contributed by atoms with van der Waals surface area (Å²) < 4.78 is 7.09. The molecule has 2 aromatic rings. The summed E-state index contributed by atoms with van der Waals surface area (Å²) in [6, 6.07) is 21.7. The van der Waals surface area contributed by atoms with Crippen LogP contribution in [0.2, 0.25) is 5.04 Å². The van der Waals surface area contributed by atoms with Crippen LogP contribution in [0, 0.1) is 0 Å². The third-order valence-corrected chi connectivity index (χ3v) is 10.9. The van der Waals surface area contributed by atoms with E-state index in [0.717, 1.165) is 25.8 Å². The lowest BCUT2D eigenvalue weighted by atomic mass is 10.1. The lowest BCUT2D eigenvalue weighted by molar-refractivity contribution is -0.109. The van der Waals surface area contributed by atoms with E-state index in [2.05, 4.69) is 88.4 Å². The first-order valence-electron chi connectivity index (χ1n) is 10.1. The zero-order valence-electron chi connectivity index (χ0n) is 17.1. The lowest BCUT2D eigenvalue weighted by Crippen LogP contribution is -2.67. The zero-order chi connectivity index (χ0) is 19.5. The number of hydroxylamine groups is 2. The second-order valence-electron chi connectivity index (χ2n) is 8.79. The SMILES string of the molecule is C[C@@H](C[C@@H]1CCCN1O)O[Si](c1ccccc1)(c1ccccc1)C(C)(C)C. The molecule has 27 heavy (non-hydrogen) atoms. The van der Waals surface area contributed by atoms with Crippen molar-refractivity contribution in [1.82, 2.24) is 5.06 Å². The van der Waals surface area contributed by atoms with Crippen LogP contribution < -0.4 is 10.4 Å². The molecule has 1 N–H and O–H groups in total. The van der Waals surface area contributed by atoms with Crippen molar-refractivity contribution in [3.63, 3.8) is 0 Å². The Morgan fingerprint density at radius 3 is 1.96 bits per heavy atom. The van der Waals surface area contributed by atoms with E-state index in [1.807, 2.05) is 0 Å². The molecule has 146 valence electrons. The van der Waals surface area contributed by atoms with Crippen LogP contribution in [0.25, 0.3) is 0 Å². The fourth-order valence-corrected chi connectivity index (χ4v) is 9.20. The van der Waals surface area contributed by atoms with Gasteiger partial charge in [-0.15, -0.1) is 0 Å². The van der Waals surface area contributed by atoms with E-state index in [-0.39, 0.29) is 17.2 Å². The van der Waals surface area contributed by atoms with Crippen molar-refractivity contribution < 1.29 is 9.63 Å². The number of hydrogen-bond donors (Lipinski definition) is 1. The molecule has 0 bridgehead atoms. The molecule has 0 radical (unpaired) electrons. The summed E-state index contributed by atoms with van der Waals surface area (Å²) in [5.41, 5.74) is 0. The molecule has 0 amide bonds. The molecular formula is C23H33NO2Si. The Morgan fingerprint density at radius 2 is 1.56 bits per heavy atom. The molecule has 1 saturated heterocycles. The Kier molecular flexibility index (Phi) is 6.21. The van der Waals surface area contributed by atoms with Crippen LogP contribution in [0.3, 0.4) is 0 Å². The van der Waals surface area contributed by atoms with Crippen molar-refractivity contribution in [2.24, 2.45) is 0 Å². The average molecular weight is 384 g/mol. The molecule has 1 aliphatic heterocycles. The normalized spacial score (nSPS) is 20.0. The van der Waals surface area contributed by atoms with Crippen molar-refractivity contribution >= 4 is 18.7 Å². The first-order chi connectivity index (χ1) is 12.8. The monoisotopic (exact) mass is 383 g/mol. The van der Waals surface area contributed by atoms with Crippen LogP contribution in [0.5, 0.6) is 0 Å². The van der Waals surface area contributed by atoms with Crippen LogP contribution in [-0.2, 0) is 4.43 Å². The van der Waals surface area contributed by atoms with Gasteiger partial charge in [-0.25, -0.2) is 0 Å². The first-order valence-corrected chi connectivity index (χ1v) is 12.0. The van der Waals surface area contributed by atoms with Gasteiger partial charge in [0.05, 0.1) is 0 Å². The summed E-state index contributed by atoms with van der Waals surface area (Å²) in [5.74, 6) is 0. The molecular weight excluding hydrogens is 350 g/mol. The lowest BCUT2D eigenvalue weighted by Gasteiger charge is -2.45. The van der Waals surface area contributed by atoms with E-state index in [0.29, 0.717) is 0 Å². The highest BCUT2D eigenvalue weighted by Crippen LogP contribution is 2.38. The molecule has 3 rings (SSSR count). The predicted octanol–water partition coefficient (Wildman–Crippen LogP) is 4.20. The molecule has 0 saturated carbocycles. The summed E-state index contributed by atoms with van der Waals surface area (Å²) in [6.07, 6.45) is 3.05. The van der Waals surface area contributed by atoms with Crippen LogP contribution in [0.1, 0.15) is 47.0 Å². The number of rotatable bonds is 6. The summed E-state index contributed by atoms with van der Waals surface area (Å²) in [5, 5.41) is 14.2. The summed E-state index contributed by atoms with van der Waals surface area (Å²) in [6.45, 7) is 9.86. The smallest absolute Gasteiger partial charge is 0.261 e. The van der Waals surface area contributed by atoms with Gasteiger partial charge in [-0.1, -0.05) is 81.4 Å². The molecule has 2 atom stereocenters. The maximum Gasteiger partial charge on any atom is 0.261 e. The van der Waals surface area contributed by atoms with Crippen molar-refractivity contribution in [3.8, 4) is 0 Å². The third-order valence-electron chi connectivity index (χ3n) is 5.74. The minimum absolute atomic E-state index is 0.0153. The molecule has 0 spiro atoms. The second-order valence-corrected chi connectivity index (χ2v) is 13.0. The number of benzene rings is 2. The first kappa shape index (κ1) is 20.3. The van der Waals surface area contributed by atoms with Gasteiger partial charge >= 0.3 is 0 Å². The van der Waals surface area contributed by atoms with Gasteiger partial charge in [-0.2, -0.15) is 5.06 Å². The van der Waals surface area contributed by atoms with E-state index < -0.39 is 8.32 Å². The van der Waals surface area contributed by atoms with Crippen molar-refractivity contribution in [3.05, 3.63) is 60.7 Å². The van der Waals surface area contributed by atoms with Gasteiger partial charge < -0.3 is 9.63 Å². The quantitative estimate of drug-likeness (QED) is 0.759. The highest BCUT2D eigenvalue weighted by Gasteiger charge is 2.51. The Balaban J connectivity index is 2.01. The van der Waals surface area contributed by atoms with Crippen LogP contribution >= 0.6 is 0 Å². The molecule has 3 nitrogen and oxygen atoms in total. The van der Waals surface area contributed by atoms with Gasteiger partial charge in [0.15, 0.2) is 0 Å². The third kappa shape index (κ3) is 4.19. The van der Waals surface area contributed by atoms with E-state index in [1.54, 1.807) is 0 Å². The summed E-state index contributed by atoms with van der Waals surface area (Å²) in [7, 11) is -2.51. The van der Waals surface area contributed by atoms with Crippen LogP contribution in [-0.4, -0.2) is 37.3 Å². The molecule has 0 aliphatic carbocycles. The fraction of sp³-hybridized carbons (Fsp3) is 0.478. The Morgan fingerprint density at radius 1 is 1.04 bits per heavy atom. The van der Waals surface area contributed by atoms with Crippen molar-refractivity contribution in [2.75, 3.05) is 6.54 Å². The Hall–Kier alpha value is -1.46. The molecule has 1 aliphatic rings. The molecule has 2 aromatic carbocycles. The number of hydrogen-bond acceptors (Lipinski definition) is 3. The standard InChI is InChI=1S/C23H33NO2Si/c1-19(18-20-12-11-17-24(20)25)26-27(23(2,3)4,21-13-7-5-8-14-21)22-15-9-6-10-16-22/h5-10,13-16,19-20,25H,11-12,17-18H2,1-4H3/t19-,20-/m0/s1. The van der Waals surface area contributed by atoms with Gasteiger partial charge in [0, 0.05) is 18.7 Å². The van der Waals surface area contributed by atoms with Gasteiger partial charge in [0.1, 0.15) is 0 Å². The van der Waals surface area contributed by atoms with Crippen LogP contribution in [0.15, 0.2) is 60.7 Å². The molecule has 1 heterocycles. The highest BCUT2D eigenvalue weighted by molar-refractivity contribution is 6.99. The Labute approximate surface area is 165 Å². The van der Waals surface area contributed by atoms with Crippen LogP contribution in [0.4, 0.5) is 0 Å². The van der Waals surface area contributed by atoms with Gasteiger partial charge in [-0.3, -0.25) is 0 Å². The number of nitrogens with zero attached hydrogens (tertiary/aromatic N) is 1. The topological polar surface area (TPSA) is 32.7 Å². The summed E-state index contributed by atoms with van der Waals surface area (Å²) >= 11 is 0. The van der Waals surface area contributed by atoms with Gasteiger partial charge in [-0.05, 0) is 41.6 Å². The Bertz CT molecular complexity index is 675. The maximum atomic E-state index is 10.1. The summed E-state index contributed by atoms with van der Waals surface area (Å²) in [4.78, 5) is 0. The van der Waals surface area contributed by atoms with E-state index >= 15 is 0 Å². The van der Waals surface area contributed by atoms with Crippen molar-refractivity contribution in [1.29, 1.82) is 0 Å². The largest absolute Gasteiger partial charge is 0.405 e. The van der Waals surface area contributed by atoms with Gasteiger partial charge in [0.25, 0.3) is 8.32 Å². The minimum atomic E-state index is -2.51. The molecule has 0 aromatic heterocycles. The second kappa shape index (κ2) is 8.27. The minimum Gasteiger partial charge on any atom is -0.405 e. The molecule has 4 heteroatoms. The van der Waals surface area contributed by atoms with E-state index in [4.69, 9.17) is 4.43 Å². The highest BCUT2D eigenvalue weighted by atomic mass is 28.4. The molecule has 0 unspecified atom stereocenters. The zero-order valence-corrected chi connectivity index (χ0v) is 18.1. The fourth-order valence-electron chi connectivity index (χ4n) is 4.48. The van der Waals surface area contributed by atoms with E-state index in [9.17, 15) is 5.21 Å². The predicted molar refractivity (Wildman–Crippen MR) is 114 cm³/mol. The van der Waals surface area contributed by atoms with E-state index in [1.165, 1.54) is 15.4 Å². The van der Waals surface area contributed by atoms with Crippen molar-refractivity contribution in [2.45, 2.75) is 64.1 Å². The van der Waals surface area contributed by atoms with Gasteiger partial charge in [0.2, 0.25) is 0 Å². The average Bonchev–Trinajstić information content (AvgIpc) is 3.04. The molecule has 1 fully saturated rings. The maximum absolute atomic E-state index is 10.1.